The number of anilines is 1. The second kappa shape index (κ2) is 4.48. The van der Waals surface area contributed by atoms with Crippen LogP contribution in [0.4, 0.5) is 5.82 Å². The Balaban J connectivity index is 1.75. The molecule has 1 atom stereocenters. The second-order valence-corrected chi connectivity index (χ2v) is 5.63. The maximum atomic E-state index is 5.96. The highest BCUT2D eigenvalue weighted by molar-refractivity contribution is 5.77. The largest absolute Gasteiger partial charge is 0.384 e. The normalized spacial score (nSPS) is 13.8. The highest BCUT2D eigenvalue weighted by Gasteiger charge is 2.19. The van der Waals surface area contributed by atoms with E-state index in [1.54, 1.807) is 6.20 Å². The zero-order valence-corrected chi connectivity index (χ0v) is 12.0. The van der Waals surface area contributed by atoms with Crippen LogP contribution in [0, 0.1) is 0 Å². The Bertz CT molecular complexity index is 817. The molecule has 104 valence electrons. The molecule has 3 heteroatoms. The molecule has 0 saturated carbocycles. The van der Waals surface area contributed by atoms with E-state index in [-0.39, 0.29) is 6.04 Å². The van der Waals surface area contributed by atoms with Gasteiger partial charge >= 0.3 is 0 Å². The maximum Gasteiger partial charge on any atom is 0.122 e. The number of benzene rings is 2. The predicted molar refractivity (Wildman–Crippen MR) is 85.1 cm³/mol. The Morgan fingerprint density at radius 3 is 2.67 bits per heavy atom. The van der Waals surface area contributed by atoms with Crippen LogP contribution >= 0.6 is 0 Å². The molecule has 3 aromatic rings. The van der Waals surface area contributed by atoms with Gasteiger partial charge in [-0.05, 0) is 47.2 Å². The number of hydrogen-bond acceptors (Lipinski definition) is 2. The summed E-state index contributed by atoms with van der Waals surface area (Å²) in [4.78, 5) is 0. The van der Waals surface area contributed by atoms with Crippen molar-refractivity contribution in [2.75, 3.05) is 5.73 Å². The summed E-state index contributed by atoms with van der Waals surface area (Å²) >= 11 is 0. The minimum atomic E-state index is 0.147. The van der Waals surface area contributed by atoms with Crippen molar-refractivity contribution in [2.24, 2.45) is 0 Å². The number of nitrogen functional groups attached to an aromatic ring is 1. The van der Waals surface area contributed by atoms with E-state index in [4.69, 9.17) is 5.73 Å². The Morgan fingerprint density at radius 2 is 1.86 bits per heavy atom. The van der Waals surface area contributed by atoms with Gasteiger partial charge in [-0.15, -0.1) is 0 Å². The molecule has 3 nitrogen and oxygen atoms in total. The summed E-state index contributed by atoms with van der Waals surface area (Å²) in [5, 5.41) is 4.32. The molecule has 1 aromatic heterocycles. The van der Waals surface area contributed by atoms with Gasteiger partial charge < -0.3 is 5.73 Å². The van der Waals surface area contributed by atoms with E-state index in [1.165, 1.54) is 27.8 Å². The van der Waals surface area contributed by atoms with Crippen LogP contribution in [0.5, 0.6) is 0 Å². The third-order valence-corrected chi connectivity index (χ3v) is 4.37. The van der Waals surface area contributed by atoms with E-state index in [0.717, 1.165) is 6.42 Å². The summed E-state index contributed by atoms with van der Waals surface area (Å²) < 4.78 is 1.86. The molecular weight excluding hydrogens is 258 g/mol. The molecule has 1 aliphatic carbocycles. The van der Waals surface area contributed by atoms with Gasteiger partial charge in [0, 0.05) is 0 Å². The molecule has 0 amide bonds. The first-order valence-electron chi connectivity index (χ1n) is 7.24. The third kappa shape index (κ3) is 1.85. The van der Waals surface area contributed by atoms with Gasteiger partial charge in [0.2, 0.25) is 0 Å². The lowest BCUT2D eigenvalue weighted by molar-refractivity contribution is 0.573. The number of aromatic nitrogens is 2. The standard InChI is InChI=1S/C18H17N3/c1-12(21-18(19)8-9-20-21)13-6-7-17-15(10-13)11-14-4-2-3-5-16(14)17/h2-10,12H,11,19H2,1H3. The summed E-state index contributed by atoms with van der Waals surface area (Å²) in [6.07, 6.45) is 2.76. The molecule has 4 rings (SSSR count). The van der Waals surface area contributed by atoms with Gasteiger partial charge in [0.15, 0.2) is 0 Å². The van der Waals surface area contributed by atoms with Crippen molar-refractivity contribution in [2.45, 2.75) is 19.4 Å². The molecule has 2 aromatic carbocycles. The van der Waals surface area contributed by atoms with Crippen LogP contribution in [0.25, 0.3) is 11.1 Å². The van der Waals surface area contributed by atoms with Gasteiger partial charge in [-0.1, -0.05) is 42.5 Å². The molecule has 0 aliphatic heterocycles. The summed E-state index contributed by atoms with van der Waals surface area (Å²) in [6, 6.07) is 17.3. The van der Waals surface area contributed by atoms with Crippen LogP contribution in [0.3, 0.4) is 0 Å². The Labute approximate surface area is 124 Å². The van der Waals surface area contributed by atoms with Crippen LogP contribution in [0.1, 0.15) is 29.7 Å². The van der Waals surface area contributed by atoms with Crippen LogP contribution < -0.4 is 5.73 Å². The number of fused-ring (bicyclic) bond motifs is 3. The lowest BCUT2D eigenvalue weighted by Gasteiger charge is -2.15. The first-order valence-corrected chi connectivity index (χ1v) is 7.24. The molecule has 0 saturated heterocycles. The first-order chi connectivity index (χ1) is 10.2. The summed E-state index contributed by atoms with van der Waals surface area (Å²) in [6.45, 7) is 2.13. The van der Waals surface area contributed by atoms with E-state index in [9.17, 15) is 0 Å². The topological polar surface area (TPSA) is 43.8 Å². The fourth-order valence-electron chi connectivity index (χ4n) is 3.21. The highest BCUT2D eigenvalue weighted by atomic mass is 15.3. The molecule has 1 aliphatic rings. The quantitative estimate of drug-likeness (QED) is 0.607. The number of nitrogens with zero attached hydrogens (tertiary/aromatic N) is 2. The van der Waals surface area contributed by atoms with Gasteiger partial charge in [-0.25, -0.2) is 4.68 Å². The fraction of sp³-hybridized carbons (Fsp3) is 0.167. The molecule has 1 heterocycles. The molecule has 0 bridgehead atoms. The Morgan fingerprint density at radius 1 is 1.05 bits per heavy atom. The Kier molecular flexibility index (Phi) is 2.61. The average molecular weight is 275 g/mol. The van der Waals surface area contributed by atoms with Crippen molar-refractivity contribution in [1.82, 2.24) is 9.78 Å². The molecule has 1 unspecified atom stereocenters. The predicted octanol–water partition coefficient (Wildman–Crippen LogP) is 3.65. The van der Waals surface area contributed by atoms with Gasteiger partial charge in [-0.2, -0.15) is 5.10 Å². The minimum absolute atomic E-state index is 0.147. The monoisotopic (exact) mass is 275 g/mol. The highest BCUT2D eigenvalue weighted by Crippen LogP contribution is 2.37. The summed E-state index contributed by atoms with van der Waals surface area (Å²) in [7, 11) is 0. The van der Waals surface area contributed by atoms with E-state index in [1.807, 2.05) is 10.7 Å². The van der Waals surface area contributed by atoms with Crippen molar-refractivity contribution < 1.29 is 0 Å². The second-order valence-electron chi connectivity index (χ2n) is 5.63. The minimum Gasteiger partial charge on any atom is -0.384 e. The molecule has 2 N–H and O–H groups in total. The third-order valence-electron chi connectivity index (χ3n) is 4.37. The fourth-order valence-corrected chi connectivity index (χ4v) is 3.21. The lowest BCUT2D eigenvalue weighted by atomic mass is 10.0. The van der Waals surface area contributed by atoms with Crippen LogP contribution in [0.15, 0.2) is 54.7 Å². The van der Waals surface area contributed by atoms with Crippen LogP contribution in [-0.4, -0.2) is 9.78 Å². The van der Waals surface area contributed by atoms with Crippen molar-refractivity contribution in [3.63, 3.8) is 0 Å². The van der Waals surface area contributed by atoms with Crippen molar-refractivity contribution in [3.05, 3.63) is 71.4 Å². The van der Waals surface area contributed by atoms with Crippen molar-refractivity contribution in [1.29, 1.82) is 0 Å². The first kappa shape index (κ1) is 12.2. The molecule has 0 spiro atoms. The average Bonchev–Trinajstić information content (AvgIpc) is 3.09. The smallest absolute Gasteiger partial charge is 0.122 e. The molecular formula is C18H17N3. The Hall–Kier alpha value is -2.55. The molecule has 0 fully saturated rings. The van der Waals surface area contributed by atoms with Gasteiger partial charge in [0.1, 0.15) is 5.82 Å². The van der Waals surface area contributed by atoms with E-state index in [2.05, 4.69) is 54.5 Å². The maximum absolute atomic E-state index is 5.96. The number of rotatable bonds is 2. The van der Waals surface area contributed by atoms with Gasteiger partial charge in [-0.3, -0.25) is 0 Å². The number of nitrogens with two attached hydrogens (primary N) is 1. The SMILES string of the molecule is CC(c1ccc2c(c1)Cc1ccccc1-2)n1nccc1N. The van der Waals surface area contributed by atoms with Crippen molar-refractivity contribution >= 4 is 5.82 Å². The molecule has 21 heavy (non-hydrogen) atoms. The van der Waals surface area contributed by atoms with E-state index in [0.29, 0.717) is 5.82 Å². The van der Waals surface area contributed by atoms with Gasteiger partial charge in [0.25, 0.3) is 0 Å². The van der Waals surface area contributed by atoms with Gasteiger partial charge in [0.05, 0.1) is 12.2 Å². The van der Waals surface area contributed by atoms with Crippen molar-refractivity contribution in [3.8, 4) is 11.1 Å². The zero-order chi connectivity index (χ0) is 14.4. The lowest BCUT2D eigenvalue weighted by Crippen LogP contribution is -2.11. The summed E-state index contributed by atoms with van der Waals surface area (Å²) in [5.41, 5.74) is 12.7. The summed E-state index contributed by atoms with van der Waals surface area (Å²) in [5.74, 6) is 0.700. The van der Waals surface area contributed by atoms with E-state index < -0.39 is 0 Å². The zero-order valence-electron chi connectivity index (χ0n) is 12.0. The van der Waals surface area contributed by atoms with Crippen LogP contribution in [-0.2, 0) is 6.42 Å². The van der Waals surface area contributed by atoms with Crippen LogP contribution in [0.2, 0.25) is 0 Å². The van der Waals surface area contributed by atoms with E-state index >= 15 is 0 Å². The number of hydrogen-bond donors (Lipinski definition) is 1. The molecule has 0 radical (unpaired) electrons.